The summed E-state index contributed by atoms with van der Waals surface area (Å²) in [7, 11) is 0. The van der Waals surface area contributed by atoms with E-state index in [9.17, 15) is 9.18 Å². The van der Waals surface area contributed by atoms with Gasteiger partial charge in [0.2, 0.25) is 0 Å². The van der Waals surface area contributed by atoms with Crippen molar-refractivity contribution in [3.8, 4) is 0 Å². The van der Waals surface area contributed by atoms with Crippen molar-refractivity contribution < 1.29 is 9.18 Å². The molecule has 1 heterocycles. The SMILES string of the molecule is O=C(NCc1ccccn1)Nc1ccc(Br)c(F)c1. The summed E-state index contributed by atoms with van der Waals surface area (Å²) in [6.07, 6.45) is 1.65. The molecule has 6 heteroatoms. The topological polar surface area (TPSA) is 54.0 Å². The van der Waals surface area contributed by atoms with Crippen LogP contribution in [0.2, 0.25) is 0 Å². The van der Waals surface area contributed by atoms with E-state index in [-0.39, 0.29) is 0 Å². The average molecular weight is 324 g/mol. The van der Waals surface area contributed by atoms with Gasteiger partial charge in [0.1, 0.15) is 5.82 Å². The smallest absolute Gasteiger partial charge is 0.319 e. The molecule has 2 amide bonds. The molecule has 0 bridgehead atoms. The van der Waals surface area contributed by atoms with Crippen molar-refractivity contribution >= 4 is 27.6 Å². The minimum absolute atomic E-state index is 0.311. The maximum atomic E-state index is 13.3. The first-order valence-electron chi connectivity index (χ1n) is 5.55. The third-order valence-electron chi connectivity index (χ3n) is 2.33. The number of urea groups is 1. The second-order valence-corrected chi connectivity index (χ2v) is 4.61. The van der Waals surface area contributed by atoms with E-state index >= 15 is 0 Å². The van der Waals surface area contributed by atoms with E-state index in [0.29, 0.717) is 16.7 Å². The van der Waals surface area contributed by atoms with Crippen LogP contribution in [0.15, 0.2) is 47.1 Å². The van der Waals surface area contributed by atoms with Crippen molar-refractivity contribution in [2.45, 2.75) is 6.54 Å². The van der Waals surface area contributed by atoms with Crippen molar-refractivity contribution in [1.82, 2.24) is 10.3 Å². The number of anilines is 1. The predicted octanol–water partition coefficient (Wildman–Crippen LogP) is 3.30. The molecule has 0 saturated heterocycles. The molecule has 1 aromatic heterocycles. The van der Waals surface area contributed by atoms with E-state index < -0.39 is 11.8 Å². The molecule has 2 N–H and O–H groups in total. The number of hydrogen-bond acceptors (Lipinski definition) is 2. The normalized spacial score (nSPS) is 10.0. The largest absolute Gasteiger partial charge is 0.332 e. The molecular weight excluding hydrogens is 313 g/mol. The molecule has 2 aromatic rings. The molecule has 0 fully saturated rings. The van der Waals surface area contributed by atoms with Gasteiger partial charge in [0.05, 0.1) is 16.7 Å². The van der Waals surface area contributed by atoms with Gasteiger partial charge in [-0.1, -0.05) is 6.07 Å². The number of carbonyl (C=O) groups is 1. The van der Waals surface area contributed by atoms with Crippen molar-refractivity contribution in [2.24, 2.45) is 0 Å². The Hall–Kier alpha value is -1.95. The van der Waals surface area contributed by atoms with Crippen LogP contribution in [0, 0.1) is 5.82 Å². The highest BCUT2D eigenvalue weighted by atomic mass is 79.9. The highest BCUT2D eigenvalue weighted by Gasteiger charge is 2.04. The summed E-state index contributed by atoms with van der Waals surface area (Å²) >= 11 is 3.05. The minimum atomic E-state index is -0.428. The van der Waals surface area contributed by atoms with E-state index in [1.807, 2.05) is 6.07 Å². The summed E-state index contributed by atoms with van der Waals surface area (Å²) in [5, 5.41) is 5.18. The van der Waals surface area contributed by atoms with Crippen LogP contribution >= 0.6 is 15.9 Å². The van der Waals surface area contributed by atoms with Gasteiger partial charge in [0.25, 0.3) is 0 Å². The zero-order valence-electron chi connectivity index (χ0n) is 9.86. The Balaban J connectivity index is 1.89. The van der Waals surface area contributed by atoms with Crippen molar-refractivity contribution in [1.29, 1.82) is 0 Å². The molecule has 0 radical (unpaired) electrons. The molecule has 0 atom stereocenters. The van der Waals surface area contributed by atoms with Crippen LogP contribution in [0.5, 0.6) is 0 Å². The summed E-state index contributed by atoms with van der Waals surface area (Å²) in [4.78, 5) is 15.7. The third kappa shape index (κ3) is 4.03. The molecule has 2 rings (SSSR count). The Bertz CT molecular complexity index is 577. The summed E-state index contributed by atoms with van der Waals surface area (Å²) in [5.74, 6) is -0.428. The fourth-order valence-electron chi connectivity index (χ4n) is 1.42. The number of aromatic nitrogens is 1. The van der Waals surface area contributed by atoms with Crippen LogP contribution in [0.4, 0.5) is 14.9 Å². The predicted molar refractivity (Wildman–Crippen MR) is 74.2 cm³/mol. The summed E-state index contributed by atoms with van der Waals surface area (Å²) in [6, 6.07) is 9.41. The lowest BCUT2D eigenvalue weighted by atomic mass is 10.3. The van der Waals surface area contributed by atoms with Crippen molar-refractivity contribution in [2.75, 3.05) is 5.32 Å². The van der Waals surface area contributed by atoms with Crippen LogP contribution in [0.25, 0.3) is 0 Å². The first kappa shape index (κ1) is 13.5. The second-order valence-electron chi connectivity index (χ2n) is 3.76. The van der Waals surface area contributed by atoms with Crippen molar-refractivity contribution in [3.63, 3.8) is 0 Å². The van der Waals surface area contributed by atoms with Crippen LogP contribution in [-0.4, -0.2) is 11.0 Å². The van der Waals surface area contributed by atoms with E-state index in [4.69, 9.17) is 0 Å². The Morgan fingerprint density at radius 3 is 2.84 bits per heavy atom. The number of benzene rings is 1. The Morgan fingerprint density at radius 1 is 1.32 bits per heavy atom. The van der Waals surface area contributed by atoms with Crippen LogP contribution in [0.3, 0.4) is 0 Å². The van der Waals surface area contributed by atoms with Gasteiger partial charge in [-0.05, 0) is 46.3 Å². The Kier molecular flexibility index (Phi) is 4.46. The third-order valence-corrected chi connectivity index (χ3v) is 2.98. The fourth-order valence-corrected chi connectivity index (χ4v) is 1.67. The van der Waals surface area contributed by atoms with Gasteiger partial charge in [0, 0.05) is 11.9 Å². The molecule has 0 aliphatic heterocycles. The van der Waals surface area contributed by atoms with Crippen molar-refractivity contribution in [3.05, 3.63) is 58.6 Å². The lowest BCUT2D eigenvalue weighted by Gasteiger charge is -2.07. The maximum absolute atomic E-state index is 13.3. The number of amides is 2. The van der Waals surface area contributed by atoms with E-state index in [1.165, 1.54) is 12.1 Å². The first-order chi connectivity index (χ1) is 9.15. The minimum Gasteiger partial charge on any atom is -0.332 e. The molecule has 0 unspecified atom stereocenters. The fraction of sp³-hybridized carbons (Fsp3) is 0.0769. The lowest BCUT2D eigenvalue weighted by molar-refractivity contribution is 0.251. The molecule has 19 heavy (non-hydrogen) atoms. The summed E-state index contributed by atoms with van der Waals surface area (Å²) in [6.45, 7) is 0.311. The molecule has 4 nitrogen and oxygen atoms in total. The van der Waals surface area contributed by atoms with E-state index in [1.54, 1.807) is 24.4 Å². The van der Waals surface area contributed by atoms with Gasteiger partial charge in [0.15, 0.2) is 0 Å². The number of pyridine rings is 1. The zero-order chi connectivity index (χ0) is 13.7. The number of rotatable bonds is 3. The van der Waals surface area contributed by atoms with Gasteiger partial charge in [-0.3, -0.25) is 4.98 Å². The van der Waals surface area contributed by atoms with E-state index in [2.05, 4.69) is 31.5 Å². The highest BCUT2D eigenvalue weighted by Crippen LogP contribution is 2.19. The molecule has 0 aliphatic rings. The molecule has 0 spiro atoms. The Labute approximate surface area is 118 Å². The van der Waals surface area contributed by atoms with Gasteiger partial charge in [-0.15, -0.1) is 0 Å². The molecule has 1 aromatic carbocycles. The lowest BCUT2D eigenvalue weighted by Crippen LogP contribution is -2.28. The van der Waals surface area contributed by atoms with Gasteiger partial charge < -0.3 is 10.6 Å². The summed E-state index contributed by atoms with van der Waals surface area (Å²) in [5.41, 5.74) is 1.14. The highest BCUT2D eigenvalue weighted by molar-refractivity contribution is 9.10. The molecule has 98 valence electrons. The number of carbonyl (C=O) groups excluding carboxylic acids is 1. The van der Waals surface area contributed by atoms with Gasteiger partial charge >= 0.3 is 6.03 Å². The van der Waals surface area contributed by atoms with Crippen LogP contribution in [-0.2, 0) is 6.54 Å². The van der Waals surface area contributed by atoms with Crippen LogP contribution in [0.1, 0.15) is 5.69 Å². The Morgan fingerprint density at radius 2 is 2.16 bits per heavy atom. The number of halogens is 2. The zero-order valence-corrected chi connectivity index (χ0v) is 11.4. The van der Waals surface area contributed by atoms with Gasteiger partial charge in [-0.25, -0.2) is 9.18 Å². The summed E-state index contributed by atoms with van der Waals surface area (Å²) < 4.78 is 13.6. The quantitative estimate of drug-likeness (QED) is 0.910. The van der Waals surface area contributed by atoms with E-state index in [0.717, 1.165) is 5.69 Å². The molecule has 0 aliphatic carbocycles. The standard InChI is InChI=1S/C13H11BrFN3O/c14-11-5-4-9(7-12(11)15)18-13(19)17-8-10-3-1-2-6-16-10/h1-7H,8H2,(H2,17,18,19). The monoisotopic (exact) mass is 323 g/mol. The maximum Gasteiger partial charge on any atom is 0.319 e. The number of nitrogens with zero attached hydrogens (tertiary/aromatic N) is 1. The van der Waals surface area contributed by atoms with Gasteiger partial charge in [-0.2, -0.15) is 0 Å². The second kappa shape index (κ2) is 6.29. The number of nitrogens with one attached hydrogen (secondary N) is 2. The molecule has 0 saturated carbocycles. The molecular formula is C13H11BrFN3O. The first-order valence-corrected chi connectivity index (χ1v) is 6.34. The number of hydrogen-bond donors (Lipinski definition) is 2. The average Bonchev–Trinajstić information content (AvgIpc) is 2.42. The van der Waals surface area contributed by atoms with Crippen LogP contribution < -0.4 is 10.6 Å².